The molecule has 0 saturated heterocycles. The maximum atomic E-state index is 8.00. The maximum Gasteiger partial charge on any atom is 0 e. The van der Waals surface area contributed by atoms with E-state index in [9.17, 15) is 0 Å². The van der Waals surface area contributed by atoms with Crippen LogP contribution < -0.4 is 0 Å². The molecule has 0 N–H and O–H groups in total. The monoisotopic (exact) mass is 717 g/mol. The highest BCUT2D eigenvalue weighted by Crippen LogP contribution is 2.49. The van der Waals surface area contributed by atoms with Gasteiger partial charge in [0.1, 0.15) is 0 Å². The molecule has 9 unspecified atom stereocenters. The molecule has 0 aliphatic heterocycles. The molecule has 6 radical (unpaired) electrons. The van der Waals surface area contributed by atoms with Crippen LogP contribution in [-0.4, -0.2) is 16.8 Å². The summed E-state index contributed by atoms with van der Waals surface area (Å²) in [7, 11) is 0. The third kappa shape index (κ3) is 19.8. The number of halogens is 3. The molecule has 5 heteroatoms. The van der Waals surface area contributed by atoms with Crippen molar-refractivity contribution in [2.45, 2.75) is 220 Å². The fraction of sp³-hybridized carbons (Fsp3) is 1.00. The molecule has 0 aromatic carbocycles. The topological polar surface area (TPSA) is 0 Å². The zero-order valence-corrected chi connectivity index (χ0v) is 34.7. The molecule has 0 aromatic rings. The Bertz CT molecular complexity index is 661. The molecular weight excluding hydrogens is 619 g/mol. The molecule has 0 bridgehead atoms. The van der Waals surface area contributed by atoms with Crippen molar-refractivity contribution in [3.05, 3.63) is 0 Å². The van der Waals surface area contributed by atoms with Crippen LogP contribution in [-0.2, 0) is 0 Å². The standard InChI is InChI=1S/C13H24.2C12H22.3C2H6.2CH4.2B.F2.FH.H2/c1-10(2)12-9-5-7-11-6-3-4-8-13(11)12;1-9(2)11-7-3-5-10-6-4-8-12(10)11;1-9(2)11-8-7-10-5-3-4-6-12(10)11;3*1-2;;;;;1-2;;/h10-13H,3-9H2,1-2H3;2*9-12H,3-8H2,1-2H3;3*1-2H3;2*1H4;;;;2*1H. The van der Waals surface area contributed by atoms with Gasteiger partial charge in [-0.05, 0) is 116 Å². The Kier molecular flexibility index (Phi) is 46.1. The molecule has 0 aromatic heterocycles. The van der Waals surface area contributed by atoms with E-state index < -0.39 is 0 Å². The SMILES string of the molecule is C.C.CC.CC.CC.CC(C)C1CCC2CCCCC21.CC(C)C1CCCC2CCCC21.CC(C)C1CCCC2CCCCC21.F.FF.[B].[B].[HH]. The van der Waals surface area contributed by atoms with Gasteiger partial charge in [-0.3, -0.25) is 4.70 Å². The minimum Gasteiger partial charge on any atom is -0.269 e. The average molecular weight is 717 g/mol. The van der Waals surface area contributed by atoms with Gasteiger partial charge in [0.05, 0.1) is 0 Å². The summed E-state index contributed by atoms with van der Waals surface area (Å²) < 4.78 is 16.0. The normalized spacial score (nSPS) is 31.0. The van der Waals surface area contributed by atoms with Crippen molar-refractivity contribution in [2.75, 3.05) is 0 Å². The second-order valence-corrected chi connectivity index (χ2v) is 15.9. The molecule has 6 rings (SSSR count). The van der Waals surface area contributed by atoms with Crippen LogP contribution in [0.15, 0.2) is 0 Å². The number of hydrogen-bond acceptors (Lipinski definition) is 0. The fourth-order valence-electron chi connectivity index (χ4n) is 11.1. The minimum absolute atomic E-state index is 0. The first-order chi connectivity index (χ1) is 21.9. The van der Waals surface area contributed by atoms with Crippen LogP contribution in [0.2, 0.25) is 0 Å². The maximum absolute atomic E-state index is 8.00. The van der Waals surface area contributed by atoms with E-state index in [1.54, 1.807) is 57.8 Å². The van der Waals surface area contributed by atoms with E-state index in [2.05, 4.69) is 41.5 Å². The number of rotatable bonds is 3. The summed E-state index contributed by atoms with van der Waals surface area (Å²) in [6, 6.07) is 0. The van der Waals surface area contributed by atoms with Crippen molar-refractivity contribution in [1.82, 2.24) is 0 Å². The van der Waals surface area contributed by atoms with Crippen LogP contribution in [0.1, 0.15) is 221 Å². The molecule has 0 heterocycles. The Balaban J connectivity index is -0.0000000983. The lowest BCUT2D eigenvalue weighted by Crippen LogP contribution is -2.33. The van der Waals surface area contributed by atoms with Gasteiger partial charge in [-0.2, -0.15) is 0 Å². The second kappa shape index (κ2) is 37.2. The Labute approximate surface area is 322 Å². The summed E-state index contributed by atoms with van der Waals surface area (Å²) in [4.78, 5) is 0. The van der Waals surface area contributed by atoms with E-state index >= 15 is 0 Å². The molecule has 0 amide bonds. The average Bonchev–Trinajstić information content (AvgIpc) is 3.76. The first-order valence-corrected chi connectivity index (χ1v) is 21.0. The summed E-state index contributed by atoms with van der Waals surface area (Å²) in [5.74, 6) is 12.8. The lowest BCUT2D eigenvalue weighted by molar-refractivity contribution is 0.0747. The zero-order chi connectivity index (χ0) is 34.4. The Morgan fingerprint density at radius 1 is 0.360 bits per heavy atom. The molecule has 50 heavy (non-hydrogen) atoms. The lowest BCUT2D eigenvalue weighted by atomic mass is 9.63. The van der Waals surface area contributed by atoms with E-state index in [-0.39, 0.29) is 37.8 Å². The van der Waals surface area contributed by atoms with E-state index in [1.165, 1.54) is 64.2 Å². The second-order valence-electron chi connectivity index (χ2n) is 15.9. The molecule has 6 saturated carbocycles. The number of hydrogen-bond donors (Lipinski definition) is 0. The first kappa shape index (κ1) is 61.9. The highest BCUT2D eigenvalue weighted by atomic mass is 20.0. The molecule has 0 spiro atoms. The third-order valence-corrected chi connectivity index (χ3v) is 13.0. The first-order valence-electron chi connectivity index (χ1n) is 21.0. The Hall–Kier alpha value is -0.0801. The minimum atomic E-state index is 0. The van der Waals surface area contributed by atoms with Crippen LogP contribution in [0.25, 0.3) is 0 Å². The van der Waals surface area contributed by atoms with Crippen molar-refractivity contribution < 1.29 is 15.3 Å². The van der Waals surface area contributed by atoms with Crippen molar-refractivity contribution in [3.63, 3.8) is 0 Å². The van der Waals surface area contributed by atoms with Crippen molar-refractivity contribution in [3.8, 4) is 0 Å². The summed E-state index contributed by atoms with van der Waals surface area (Å²) in [6.07, 6.45) is 29.2. The highest BCUT2D eigenvalue weighted by Gasteiger charge is 2.39. The summed E-state index contributed by atoms with van der Waals surface area (Å²) >= 11 is 0. The van der Waals surface area contributed by atoms with E-state index in [0.717, 1.165) is 71.0 Å². The van der Waals surface area contributed by atoms with E-state index in [0.29, 0.717) is 0 Å². The Morgan fingerprint density at radius 2 is 0.580 bits per heavy atom. The van der Waals surface area contributed by atoms with Gasteiger partial charge in [-0.25, -0.2) is 0 Å². The molecular formula is C45H97B2F3. The van der Waals surface area contributed by atoms with E-state index in [4.69, 9.17) is 9.15 Å². The van der Waals surface area contributed by atoms with Gasteiger partial charge in [0.25, 0.3) is 0 Å². The summed E-state index contributed by atoms with van der Waals surface area (Å²) in [6.45, 7) is 26.5. The molecule has 0 nitrogen and oxygen atoms in total. The van der Waals surface area contributed by atoms with Crippen LogP contribution in [0.4, 0.5) is 13.9 Å². The van der Waals surface area contributed by atoms with Crippen molar-refractivity contribution >= 4 is 16.8 Å². The molecule has 6 aliphatic carbocycles. The summed E-state index contributed by atoms with van der Waals surface area (Å²) in [5.41, 5.74) is 0. The molecule has 6 fully saturated rings. The van der Waals surface area contributed by atoms with Gasteiger partial charge in [0.15, 0.2) is 0 Å². The van der Waals surface area contributed by atoms with Crippen LogP contribution in [0, 0.1) is 71.0 Å². The predicted molar refractivity (Wildman–Crippen MR) is 229 cm³/mol. The van der Waals surface area contributed by atoms with Crippen molar-refractivity contribution in [1.29, 1.82) is 0 Å². The molecule has 9 atom stereocenters. The van der Waals surface area contributed by atoms with Gasteiger partial charge < -0.3 is 0 Å². The molecule has 6 aliphatic rings. The van der Waals surface area contributed by atoms with Gasteiger partial charge >= 0.3 is 0 Å². The highest BCUT2D eigenvalue weighted by molar-refractivity contribution is 5.76. The van der Waals surface area contributed by atoms with Crippen molar-refractivity contribution in [2.24, 2.45) is 71.0 Å². The van der Waals surface area contributed by atoms with Gasteiger partial charge in [0.2, 0.25) is 0 Å². The fourth-order valence-corrected chi connectivity index (χ4v) is 11.1. The van der Waals surface area contributed by atoms with E-state index in [1.807, 2.05) is 41.5 Å². The van der Waals surface area contributed by atoms with Crippen LogP contribution in [0.5, 0.6) is 0 Å². The van der Waals surface area contributed by atoms with Crippen LogP contribution in [0.3, 0.4) is 0 Å². The smallest absolute Gasteiger partial charge is 0 e. The number of fused-ring (bicyclic) bond motifs is 3. The van der Waals surface area contributed by atoms with Crippen LogP contribution >= 0.6 is 0 Å². The van der Waals surface area contributed by atoms with Gasteiger partial charge in [-0.15, -0.1) is 0 Å². The quantitative estimate of drug-likeness (QED) is 0.255. The predicted octanol–water partition coefficient (Wildman–Crippen LogP) is 16.8. The Morgan fingerprint density at radius 3 is 0.900 bits per heavy atom. The largest absolute Gasteiger partial charge is 0.269 e. The molecule has 304 valence electrons. The van der Waals surface area contributed by atoms with Gasteiger partial charge in [0, 0.05) is 27.4 Å². The lowest BCUT2D eigenvalue weighted by Gasteiger charge is -2.43. The zero-order valence-electron chi connectivity index (χ0n) is 34.7. The van der Waals surface area contributed by atoms with Gasteiger partial charge in [-0.1, -0.05) is 175 Å². The third-order valence-electron chi connectivity index (χ3n) is 13.0. The summed E-state index contributed by atoms with van der Waals surface area (Å²) in [5, 5.41) is 0.